The van der Waals surface area contributed by atoms with Gasteiger partial charge in [0.05, 0.1) is 0 Å². The number of nitrogens with one attached hydrogen (secondary N) is 1. The average molecular weight is 220 g/mol. The van der Waals surface area contributed by atoms with Crippen molar-refractivity contribution in [3.63, 3.8) is 0 Å². The highest BCUT2D eigenvalue weighted by Gasteiger charge is 2.08. The smallest absolute Gasteiger partial charge is 0.358 e. The van der Waals surface area contributed by atoms with Crippen LogP contribution >= 0.6 is 0 Å². The molecule has 0 saturated carbocycles. The van der Waals surface area contributed by atoms with Gasteiger partial charge in [-0.05, 0) is 24.2 Å². The van der Waals surface area contributed by atoms with Gasteiger partial charge in [0.1, 0.15) is 0 Å². The van der Waals surface area contributed by atoms with Crippen molar-refractivity contribution in [3.05, 3.63) is 40.4 Å². The molecule has 16 heavy (non-hydrogen) atoms. The molecule has 5 heteroatoms. The van der Waals surface area contributed by atoms with Crippen LogP contribution in [0.2, 0.25) is 0 Å². The van der Waals surface area contributed by atoms with Crippen LogP contribution in [0, 0.1) is 4.91 Å². The maximum Gasteiger partial charge on any atom is 0.358 e. The first-order valence-corrected chi connectivity index (χ1v) is 4.80. The molecule has 0 aliphatic carbocycles. The standard InChI is InChI=1S/C11H12N2O3/c1-2-12-9-6-4-3-5-8(9)7-10(13-16)11(14)15/h3-7,12H,2H2,1H3,(H,14,15). The van der Waals surface area contributed by atoms with Gasteiger partial charge in [0.15, 0.2) is 5.70 Å². The molecule has 0 aromatic heterocycles. The maximum atomic E-state index is 10.6. The Morgan fingerprint density at radius 2 is 2.19 bits per heavy atom. The number of nitrogens with zero attached hydrogens (tertiary/aromatic N) is 1. The summed E-state index contributed by atoms with van der Waals surface area (Å²) in [4.78, 5) is 20.9. The van der Waals surface area contributed by atoms with Gasteiger partial charge < -0.3 is 10.4 Å². The molecule has 0 unspecified atom stereocenters. The van der Waals surface area contributed by atoms with E-state index in [-0.39, 0.29) is 0 Å². The lowest BCUT2D eigenvalue weighted by Crippen LogP contribution is -2.00. The Morgan fingerprint density at radius 3 is 2.75 bits per heavy atom. The maximum absolute atomic E-state index is 10.6. The lowest BCUT2D eigenvalue weighted by atomic mass is 10.1. The number of hydrogen-bond acceptors (Lipinski definition) is 4. The lowest BCUT2D eigenvalue weighted by Gasteiger charge is -2.06. The second-order valence-electron chi connectivity index (χ2n) is 3.04. The van der Waals surface area contributed by atoms with Crippen LogP contribution in [-0.2, 0) is 4.79 Å². The zero-order valence-electron chi connectivity index (χ0n) is 8.80. The van der Waals surface area contributed by atoms with Gasteiger partial charge >= 0.3 is 5.97 Å². The fourth-order valence-corrected chi connectivity index (χ4v) is 1.25. The van der Waals surface area contributed by atoms with Crippen LogP contribution in [0.4, 0.5) is 5.69 Å². The fraction of sp³-hybridized carbons (Fsp3) is 0.182. The first-order valence-electron chi connectivity index (χ1n) is 4.80. The van der Waals surface area contributed by atoms with Crippen LogP contribution in [0.15, 0.2) is 35.1 Å². The van der Waals surface area contributed by atoms with Gasteiger partial charge in [-0.3, -0.25) is 0 Å². The summed E-state index contributed by atoms with van der Waals surface area (Å²) in [6.45, 7) is 2.64. The first-order chi connectivity index (χ1) is 7.69. The highest BCUT2D eigenvalue weighted by molar-refractivity contribution is 5.92. The molecule has 1 rings (SSSR count). The molecule has 0 fully saturated rings. The summed E-state index contributed by atoms with van der Waals surface area (Å²) in [6.07, 6.45) is 1.24. The van der Waals surface area contributed by atoms with E-state index in [9.17, 15) is 9.70 Å². The van der Waals surface area contributed by atoms with Crippen molar-refractivity contribution < 1.29 is 9.90 Å². The van der Waals surface area contributed by atoms with Crippen molar-refractivity contribution in [1.82, 2.24) is 0 Å². The monoisotopic (exact) mass is 220 g/mol. The molecule has 2 N–H and O–H groups in total. The Kier molecular flexibility index (Phi) is 4.20. The van der Waals surface area contributed by atoms with Crippen LogP contribution in [0.25, 0.3) is 6.08 Å². The molecule has 0 atom stereocenters. The van der Waals surface area contributed by atoms with Gasteiger partial charge in [-0.2, -0.15) is 0 Å². The van der Waals surface area contributed by atoms with Crippen molar-refractivity contribution in [2.45, 2.75) is 6.92 Å². The molecule has 84 valence electrons. The molecular weight excluding hydrogens is 208 g/mol. The Hall–Kier alpha value is -2.17. The quantitative estimate of drug-likeness (QED) is 0.589. The van der Waals surface area contributed by atoms with Gasteiger partial charge in [0, 0.05) is 17.8 Å². The minimum absolute atomic E-state index is 0.509. The summed E-state index contributed by atoms with van der Waals surface area (Å²) in [7, 11) is 0. The second-order valence-corrected chi connectivity index (χ2v) is 3.04. The number of aliphatic carboxylic acids is 1. The average Bonchev–Trinajstić information content (AvgIpc) is 2.27. The molecule has 0 radical (unpaired) electrons. The second kappa shape index (κ2) is 5.65. The number of para-hydroxylation sites is 1. The Balaban J connectivity index is 3.12. The number of carbonyl (C=O) groups is 1. The molecule has 0 bridgehead atoms. The summed E-state index contributed by atoms with van der Waals surface area (Å²) in [5, 5.41) is 14.2. The van der Waals surface area contributed by atoms with Crippen molar-refractivity contribution in [2.75, 3.05) is 11.9 Å². The molecule has 0 aliphatic heterocycles. The van der Waals surface area contributed by atoms with E-state index in [4.69, 9.17) is 5.11 Å². The van der Waals surface area contributed by atoms with Crippen LogP contribution < -0.4 is 5.32 Å². The summed E-state index contributed by atoms with van der Waals surface area (Å²) in [5.74, 6) is -1.33. The molecule has 0 aliphatic rings. The van der Waals surface area contributed by atoms with Crippen LogP contribution in [-0.4, -0.2) is 17.6 Å². The van der Waals surface area contributed by atoms with E-state index in [0.717, 1.165) is 5.69 Å². The zero-order chi connectivity index (χ0) is 12.0. The van der Waals surface area contributed by atoms with Crippen LogP contribution in [0.1, 0.15) is 12.5 Å². The minimum atomic E-state index is -1.33. The van der Waals surface area contributed by atoms with Gasteiger partial charge in [0.25, 0.3) is 0 Å². The highest BCUT2D eigenvalue weighted by Crippen LogP contribution is 2.18. The number of anilines is 1. The van der Waals surface area contributed by atoms with Gasteiger partial charge in [-0.1, -0.05) is 18.2 Å². The van der Waals surface area contributed by atoms with Crippen molar-refractivity contribution in [1.29, 1.82) is 0 Å². The van der Waals surface area contributed by atoms with Crippen molar-refractivity contribution >= 4 is 17.7 Å². The molecule has 1 aromatic rings. The van der Waals surface area contributed by atoms with Crippen molar-refractivity contribution in [2.24, 2.45) is 5.18 Å². The van der Waals surface area contributed by atoms with Gasteiger partial charge in [-0.25, -0.2) is 4.79 Å². The SMILES string of the molecule is CCNc1ccccc1C=C(N=O)C(=O)O. The molecular formula is C11H12N2O3. The van der Waals surface area contributed by atoms with E-state index >= 15 is 0 Å². The molecule has 0 saturated heterocycles. The van der Waals surface area contributed by atoms with E-state index < -0.39 is 11.7 Å². The first kappa shape index (κ1) is 11.9. The number of carboxylic acids is 1. The Morgan fingerprint density at radius 1 is 1.50 bits per heavy atom. The Labute approximate surface area is 92.8 Å². The third kappa shape index (κ3) is 2.91. The number of hydrogen-bond donors (Lipinski definition) is 2. The van der Waals surface area contributed by atoms with Crippen molar-refractivity contribution in [3.8, 4) is 0 Å². The molecule has 0 heterocycles. The van der Waals surface area contributed by atoms with Crippen LogP contribution in [0.3, 0.4) is 0 Å². The van der Waals surface area contributed by atoms with E-state index in [1.165, 1.54) is 6.08 Å². The highest BCUT2D eigenvalue weighted by atomic mass is 16.4. The van der Waals surface area contributed by atoms with Gasteiger partial charge in [0.2, 0.25) is 0 Å². The molecule has 5 nitrogen and oxygen atoms in total. The van der Waals surface area contributed by atoms with Crippen LogP contribution in [0.5, 0.6) is 0 Å². The fourth-order valence-electron chi connectivity index (χ4n) is 1.25. The number of benzene rings is 1. The molecule has 1 aromatic carbocycles. The topological polar surface area (TPSA) is 78.8 Å². The summed E-state index contributed by atoms with van der Waals surface area (Å²) in [5.41, 5.74) is 0.888. The summed E-state index contributed by atoms with van der Waals surface area (Å²) >= 11 is 0. The lowest BCUT2D eigenvalue weighted by molar-refractivity contribution is -0.132. The van der Waals surface area contributed by atoms with E-state index in [1.807, 2.05) is 13.0 Å². The zero-order valence-corrected chi connectivity index (χ0v) is 8.80. The number of rotatable bonds is 5. The molecule has 0 spiro atoms. The third-order valence-corrected chi connectivity index (χ3v) is 1.94. The molecule has 0 amide bonds. The Bertz CT molecular complexity index is 427. The summed E-state index contributed by atoms with van der Waals surface area (Å²) in [6, 6.07) is 7.10. The largest absolute Gasteiger partial charge is 0.476 e. The normalized spacial score (nSPS) is 10.9. The van der Waals surface area contributed by atoms with E-state index in [1.54, 1.807) is 18.2 Å². The predicted octanol–water partition coefficient (Wildman–Crippen LogP) is 2.31. The predicted molar refractivity (Wildman–Crippen MR) is 62.0 cm³/mol. The number of nitroso groups, excluding NO2 is 1. The third-order valence-electron chi connectivity index (χ3n) is 1.94. The van der Waals surface area contributed by atoms with Gasteiger partial charge in [-0.15, -0.1) is 4.91 Å². The minimum Gasteiger partial charge on any atom is -0.476 e. The summed E-state index contributed by atoms with van der Waals surface area (Å²) < 4.78 is 0. The number of carboxylic acid groups (broad SMARTS) is 1. The van der Waals surface area contributed by atoms with E-state index in [2.05, 4.69) is 10.5 Å². The van der Waals surface area contributed by atoms with E-state index in [0.29, 0.717) is 12.1 Å².